The van der Waals surface area contributed by atoms with Crippen LogP contribution >= 0.6 is 7.60 Å². The Kier molecular flexibility index (Phi) is 9.16. The van der Waals surface area contributed by atoms with E-state index in [-0.39, 0.29) is 6.42 Å². The van der Waals surface area contributed by atoms with Gasteiger partial charge in [0.05, 0.1) is 5.56 Å². The van der Waals surface area contributed by atoms with Crippen molar-refractivity contribution in [1.29, 1.82) is 0 Å². The number of benzene rings is 1. The Labute approximate surface area is 161 Å². The van der Waals surface area contributed by atoms with Crippen molar-refractivity contribution in [2.24, 2.45) is 11.7 Å². The molecular formula is C17H25F2N2O6P. The topological polar surface area (TPSA) is 139 Å². The number of carboxylic acids is 1. The zero-order valence-corrected chi connectivity index (χ0v) is 16.5. The van der Waals surface area contributed by atoms with Crippen LogP contribution in [-0.2, 0) is 13.9 Å². The number of rotatable bonds is 11. The summed E-state index contributed by atoms with van der Waals surface area (Å²) in [4.78, 5) is 33.9. The summed E-state index contributed by atoms with van der Waals surface area (Å²) in [6.07, 6.45) is -0.727. The van der Waals surface area contributed by atoms with E-state index in [1.54, 1.807) is 0 Å². The fraction of sp³-hybridized carbons (Fsp3) is 0.529. The highest BCUT2D eigenvalue weighted by atomic mass is 31.2. The Hall–Kier alpha value is -1.87. The molecule has 1 amide bonds. The van der Waals surface area contributed by atoms with Crippen LogP contribution in [0.4, 0.5) is 8.78 Å². The van der Waals surface area contributed by atoms with E-state index in [1.807, 2.05) is 0 Å². The first kappa shape index (κ1) is 24.2. The van der Waals surface area contributed by atoms with Crippen LogP contribution in [0.2, 0.25) is 0 Å². The summed E-state index contributed by atoms with van der Waals surface area (Å²) in [5, 5.41) is 11.4. The highest BCUT2D eigenvalue weighted by Gasteiger charge is 2.40. The van der Waals surface area contributed by atoms with Gasteiger partial charge in [0, 0.05) is 6.07 Å². The van der Waals surface area contributed by atoms with Gasteiger partial charge in [-0.15, -0.1) is 0 Å². The van der Waals surface area contributed by atoms with Crippen molar-refractivity contribution in [1.82, 2.24) is 5.32 Å². The maximum atomic E-state index is 13.8. The Bertz CT molecular complexity index is 746. The third-order valence-corrected chi connectivity index (χ3v) is 5.90. The summed E-state index contributed by atoms with van der Waals surface area (Å²) < 4.78 is 44.4. The zero-order chi connectivity index (χ0) is 21.5. The Morgan fingerprint density at radius 3 is 2.43 bits per heavy atom. The van der Waals surface area contributed by atoms with Crippen molar-refractivity contribution in [3.63, 3.8) is 0 Å². The minimum Gasteiger partial charge on any atom is -0.479 e. The van der Waals surface area contributed by atoms with E-state index in [4.69, 9.17) is 10.3 Å². The number of carbonyl (C=O) groups is 2. The monoisotopic (exact) mass is 422 g/mol. The Morgan fingerprint density at radius 2 is 1.93 bits per heavy atom. The summed E-state index contributed by atoms with van der Waals surface area (Å²) in [5.41, 5.74) is 4.82. The lowest BCUT2D eigenvalue weighted by molar-refractivity contribution is -0.145. The van der Waals surface area contributed by atoms with Crippen molar-refractivity contribution in [2.75, 3.05) is 6.54 Å². The minimum absolute atomic E-state index is 0.0393. The summed E-state index contributed by atoms with van der Waals surface area (Å²) in [6.45, 7) is 3.34. The van der Waals surface area contributed by atoms with Crippen LogP contribution < -0.4 is 11.1 Å². The SMILES string of the molecule is CC(C)[C@@H](NC(=O)c1ccc(F)cc1F)P(=O)(O)OC(CCCCN)C(=O)O. The molecule has 11 heteroatoms. The van der Waals surface area contributed by atoms with Crippen molar-refractivity contribution >= 4 is 19.5 Å². The van der Waals surface area contributed by atoms with Gasteiger partial charge in [-0.1, -0.05) is 13.8 Å². The smallest absolute Gasteiger partial charge is 0.351 e. The van der Waals surface area contributed by atoms with Crippen molar-refractivity contribution < 1.29 is 37.5 Å². The number of unbranched alkanes of at least 4 members (excludes halogenated alkanes) is 1. The highest BCUT2D eigenvalue weighted by Crippen LogP contribution is 2.50. The number of carboxylic acid groups (broad SMARTS) is 1. The molecule has 0 aromatic heterocycles. The predicted octanol–water partition coefficient (Wildman–Crippen LogP) is 2.46. The van der Waals surface area contributed by atoms with Crippen molar-refractivity contribution in [3.8, 4) is 0 Å². The fourth-order valence-electron chi connectivity index (χ4n) is 2.45. The molecule has 1 aromatic rings. The van der Waals surface area contributed by atoms with Crippen LogP contribution in [0.15, 0.2) is 18.2 Å². The van der Waals surface area contributed by atoms with Gasteiger partial charge in [-0.05, 0) is 43.9 Å². The molecule has 0 spiro atoms. The second-order valence-corrected chi connectivity index (χ2v) is 8.46. The molecule has 0 saturated heterocycles. The lowest BCUT2D eigenvalue weighted by atomic mass is 10.1. The summed E-state index contributed by atoms with van der Waals surface area (Å²) in [5.74, 6) is -6.65. The summed E-state index contributed by atoms with van der Waals surface area (Å²) >= 11 is 0. The largest absolute Gasteiger partial charge is 0.479 e. The maximum Gasteiger partial charge on any atom is 0.351 e. The number of nitrogens with two attached hydrogens (primary N) is 1. The quantitative estimate of drug-likeness (QED) is 0.317. The first-order valence-electron chi connectivity index (χ1n) is 8.69. The van der Waals surface area contributed by atoms with Crippen molar-refractivity contribution in [2.45, 2.75) is 45.0 Å². The normalized spacial score (nSPS) is 15.7. The van der Waals surface area contributed by atoms with Crippen molar-refractivity contribution in [3.05, 3.63) is 35.4 Å². The number of hydrogen-bond acceptors (Lipinski definition) is 5. The Balaban J connectivity index is 2.99. The van der Waals surface area contributed by atoms with E-state index in [0.29, 0.717) is 25.5 Å². The summed E-state index contributed by atoms with van der Waals surface area (Å²) in [7, 11) is -4.66. The van der Waals surface area contributed by atoms with E-state index >= 15 is 0 Å². The molecule has 0 bridgehead atoms. The standard InChI is InChI=1S/C17H25F2N2O6P/c1-10(2)16(21-15(22)12-7-6-11(18)9-13(12)19)28(25,26)27-14(17(23)24)5-3-4-8-20/h6-7,9-10,14,16H,3-5,8,20H2,1-2H3,(H,21,22)(H,23,24)(H,25,26)/t14?,16-/m0/s1. The third kappa shape index (κ3) is 6.94. The van der Waals surface area contributed by atoms with Crippen LogP contribution in [0, 0.1) is 17.6 Å². The average Bonchev–Trinajstić information content (AvgIpc) is 2.58. The number of carbonyl (C=O) groups excluding carboxylic acids is 1. The van der Waals surface area contributed by atoms with Gasteiger partial charge in [0.15, 0.2) is 6.10 Å². The van der Waals surface area contributed by atoms with Gasteiger partial charge < -0.3 is 21.1 Å². The van der Waals surface area contributed by atoms with Gasteiger partial charge in [0.25, 0.3) is 5.91 Å². The highest BCUT2D eigenvalue weighted by molar-refractivity contribution is 7.53. The number of halogens is 2. The first-order chi connectivity index (χ1) is 13.0. The third-order valence-electron chi connectivity index (χ3n) is 3.91. The molecule has 2 unspecified atom stereocenters. The van der Waals surface area contributed by atoms with E-state index in [1.165, 1.54) is 13.8 Å². The molecule has 3 atom stereocenters. The van der Waals surface area contributed by atoms with Gasteiger partial charge in [-0.2, -0.15) is 0 Å². The molecule has 5 N–H and O–H groups in total. The lowest BCUT2D eigenvalue weighted by Crippen LogP contribution is -2.40. The molecule has 0 aliphatic rings. The second-order valence-electron chi connectivity index (χ2n) is 6.57. The molecule has 0 aliphatic carbocycles. The molecule has 0 aliphatic heterocycles. The fourth-order valence-corrected chi connectivity index (χ4v) is 4.18. The number of amides is 1. The van der Waals surface area contributed by atoms with Crippen LogP contribution in [0.25, 0.3) is 0 Å². The minimum atomic E-state index is -4.66. The zero-order valence-electron chi connectivity index (χ0n) is 15.6. The van der Waals surface area contributed by atoms with E-state index in [2.05, 4.69) is 5.32 Å². The molecular weight excluding hydrogens is 397 g/mol. The number of nitrogens with one attached hydrogen (secondary N) is 1. The second kappa shape index (κ2) is 10.6. The molecule has 0 fully saturated rings. The molecule has 0 saturated carbocycles. The van der Waals surface area contributed by atoms with Gasteiger partial charge in [0.2, 0.25) is 0 Å². The van der Waals surface area contributed by atoms with Gasteiger partial charge in [0.1, 0.15) is 17.4 Å². The molecule has 1 aromatic carbocycles. The van der Waals surface area contributed by atoms with Gasteiger partial charge in [-0.3, -0.25) is 13.9 Å². The van der Waals surface area contributed by atoms with Crippen LogP contribution in [0.5, 0.6) is 0 Å². The first-order valence-corrected chi connectivity index (χ1v) is 10.3. The van der Waals surface area contributed by atoms with E-state index < -0.39 is 54.5 Å². The molecule has 158 valence electrons. The molecule has 0 heterocycles. The van der Waals surface area contributed by atoms with Crippen LogP contribution in [0.1, 0.15) is 43.5 Å². The summed E-state index contributed by atoms with van der Waals surface area (Å²) in [6, 6.07) is 2.27. The van der Waals surface area contributed by atoms with Gasteiger partial charge in [-0.25, -0.2) is 13.6 Å². The maximum absolute atomic E-state index is 13.8. The molecule has 0 radical (unpaired) electrons. The molecule has 28 heavy (non-hydrogen) atoms. The average molecular weight is 422 g/mol. The van der Waals surface area contributed by atoms with E-state index in [0.717, 1.165) is 12.1 Å². The number of aliphatic carboxylic acids is 1. The lowest BCUT2D eigenvalue weighted by Gasteiger charge is -2.28. The van der Waals surface area contributed by atoms with Gasteiger partial charge >= 0.3 is 13.6 Å². The molecule has 1 rings (SSSR count). The molecule has 8 nitrogen and oxygen atoms in total. The Morgan fingerprint density at radius 1 is 1.29 bits per heavy atom. The number of hydrogen-bond donors (Lipinski definition) is 4. The van der Waals surface area contributed by atoms with E-state index in [9.17, 15) is 32.9 Å². The predicted molar refractivity (Wildman–Crippen MR) is 97.7 cm³/mol. The van der Waals surface area contributed by atoms with Crippen LogP contribution in [0.3, 0.4) is 0 Å². The van der Waals surface area contributed by atoms with Crippen LogP contribution in [-0.4, -0.2) is 40.3 Å².